The second-order valence-corrected chi connectivity index (χ2v) is 6.33. The van der Waals surface area contributed by atoms with Gasteiger partial charge >= 0.3 is 0 Å². The Labute approximate surface area is 122 Å². The second-order valence-electron chi connectivity index (χ2n) is 6.33. The monoisotopic (exact) mass is 283 g/mol. The van der Waals surface area contributed by atoms with Gasteiger partial charge in [-0.2, -0.15) is 0 Å². The van der Waals surface area contributed by atoms with Gasteiger partial charge in [0, 0.05) is 38.8 Å². The predicted octanol–water partition coefficient (Wildman–Crippen LogP) is 0.411. The van der Waals surface area contributed by atoms with Crippen molar-refractivity contribution in [1.29, 1.82) is 0 Å². The van der Waals surface area contributed by atoms with Crippen LogP contribution in [0.5, 0.6) is 0 Å². The SMILES string of the molecule is CCNC1COCC1C(=O)N1CCN(CC(C)C)CC1. The molecule has 2 heterocycles. The topological polar surface area (TPSA) is 44.8 Å². The first-order valence-electron chi connectivity index (χ1n) is 7.94. The molecule has 0 aliphatic carbocycles. The molecule has 20 heavy (non-hydrogen) atoms. The van der Waals surface area contributed by atoms with Crippen LogP contribution in [0, 0.1) is 11.8 Å². The van der Waals surface area contributed by atoms with E-state index >= 15 is 0 Å². The molecule has 0 aromatic rings. The van der Waals surface area contributed by atoms with Crippen molar-refractivity contribution in [1.82, 2.24) is 15.1 Å². The van der Waals surface area contributed by atoms with E-state index in [1.165, 1.54) is 0 Å². The minimum atomic E-state index is 0.00611. The predicted molar refractivity (Wildman–Crippen MR) is 79.6 cm³/mol. The maximum atomic E-state index is 12.6. The largest absolute Gasteiger partial charge is 0.379 e. The molecule has 2 aliphatic rings. The zero-order valence-electron chi connectivity index (χ0n) is 13.1. The summed E-state index contributed by atoms with van der Waals surface area (Å²) < 4.78 is 5.49. The van der Waals surface area contributed by atoms with E-state index in [0.29, 0.717) is 19.1 Å². The first-order chi connectivity index (χ1) is 9.61. The maximum Gasteiger partial charge on any atom is 0.229 e. The van der Waals surface area contributed by atoms with E-state index in [2.05, 4.69) is 31.0 Å². The summed E-state index contributed by atoms with van der Waals surface area (Å²) in [5, 5.41) is 3.37. The molecule has 0 spiro atoms. The number of likely N-dealkylation sites (N-methyl/N-ethyl adjacent to an activating group) is 1. The van der Waals surface area contributed by atoms with Crippen molar-refractivity contribution in [3.63, 3.8) is 0 Å². The Morgan fingerprint density at radius 2 is 1.95 bits per heavy atom. The third kappa shape index (κ3) is 3.93. The summed E-state index contributed by atoms with van der Waals surface area (Å²) in [5.74, 6) is 0.975. The van der Waals surface area contributed by atoms with E-state index in [0.717, 1.165) is 39.3 Å². The van der Waals surface area contributed by atoms with Crippen LogP contribution in [0.2, 0.25) is 0 Å². The van der Waals surface area contributed by atoms with E-state index in [1.807, 2.05) is 4.90 Å². The van der Waals surface area contributed by atoms with Gasteiger partial charge in [0.2, 0.25) is 5.91 Å². The highest BCUT2D eigenvalue weighted by atomic mass is 16.5. The van der Waals surface area contributed by atoms with Crippen LogP contribution < -0.4 is 5.32 Å². The molecule has 2 fully saturated rings. The number of carbonyl (C=O) groups is 1. The molecular weight excluding hydrogens is 254 g/mol. The molecule has 0 bridgehead atoms. The third-order valence-corrected chi connectivity index (χ3v) is 4.17. The fourth-order valence-electron chi connectivity index (χ4n) is 3.16. The average Bonchev–Trinajstić information content (AvgIpc) is 2.87. The standard InChI is InChI=1S/C15H29N3O2/c1-4-16-14-11-20-10-13(14)15(19)18-7-5-17(6-8-18)9-12(2)3/h12-14,16H,4-11H2,1-3H3. The fourth-order valence-corrected chi connectivity index (χ4v) is 3.16. The number of ether oxygens (including phenoxy) is 1. The van der Waals surface area contributed by atoms with Gasteiger partial charge in [0.25, 0.3) is 0 Å². The average molecular weight is 283 g/mol. The lowest BCUT2D eigenvalue weighted by atomic mass is 10.0. The molecule has 5 nitrogen and oxygen atoms in total. The molecule has 0 radical (unpaired) electrons. The van der Waals surface area contributed by atoms with E-state index in [4.69, 9.17) is 4.74 Å². The molecule has 2 rings (SSSR count). The molecule has 2 atom stereocenters. The van der Waals surface area contributed by atoms with Gasteiger partial charge in [-0.3, -0.25) is 9.69 Å². The normalized spacial score (nSPS) is 28.3. The van der Waals surface area contributed by atoms with Crippen molar-refractivity contribution in [2.24, 2.45) is 11.8 Å². The number of piperazine rings is 1. The van der Waals surface area contributed by atoms with Gasteiger partial charge < -0.3 is 15.0 Å². The Balaban J connectivity index is 1.82. The summed E-state index contributed by atoms with van der Waals surface area (Å²) in [7, 11) is 0. The number of amides is 1. The van der Waals surface area contributed by atoms with Crippen molar-refractivity contribution in [3.05, 3.63) is 0 Å². The number of hydrogen-bond donors (Lipinski definition) is 1. The van der Waals surface area contributed by atoms with Crippen LogP contribution in [-0.4, -0.2) is 74.2 Å². The van der Waals surface area contributed by atoms with Crippen LogP contribution in [0.1, 0.15) is 20.8 Å². The summed E-state index contributed by atoms with van der Waals surface area (Å²) in [6.07, 6.45) is 0. The van der Waals surface area contributed by atoms with Gasteiger partial charge in [-0.15, -0.1) is 0 Å². The Bertz CT molecular complexity index is 314. The molecule has 0 aromatic heterocycles. The van der Waals surface area contributed by atoms with Crippen molar-refractivity contribution in [3.8, 4) is 0 Å². The number of carbonyl (C=O) groups excluding carboxylic acids is 1. The van der Waals surface area contributed by atoms with E-state index in [9.17, 15) is 4.79 Å². The summed E-state index contributed by atoms with van der Waals surface area (Å²) in [5.41, 5.74) is 0. The van der Waals surface area contributed by atoms with Crippen molar-refractivity contribution in [2.75, 3.05) is 52.5 Å². The minimum absolute atomic E-state index is 0.00611. The first kappa shape index (κ1) is 15.7. The molecule has 116 valence electrons. The summed E-state index contributed by atoms with van der Waals surface area (Å²) in [6, 6.07) is 0.196. The highest BCUT2D eigenvalue weighted by molar-refractivity contribution is 5.80. The second kappa shape index (κ2) is 7.38. The number of hydrogen-bond acceptors (Lipinski definition) is 4. The fraction of sp³-hybridized carbons (Fsp3) is 0.933. The first-order valence-corrected chi connectivity index (χ1v) is 7.94. The molecule has 1 amide bonds. The Morgan fingerprint density at radius 1 is 1.25 bits per heavy atom. The zero-order chi connectivity index (χ0) is 14.5. The van der Waals surface area contributed by atoms with Gasteiger partial charge in [-0.05, 0) is 12.5 Å². The Kier molecular flexibility index (Phi) is 5.81. The quantitative estimate of drug-likeness (QED) is 0.794. The van der Waals surface area contributed by atoms with Crippen LogP contribution in [0.3, 0.4) is 0 Å². The van der Waals surface area contributed by atoms with Gasteiger partial charge in [0.1, 0.15) is 0 Å². The van der Waals surface area contributed by atoms with Crippen LogP contribution in [0.25, 0.3) is 0 Å². The lowest BCUT2D eigenvalue weighted by Crippen LogP contribution is -2.53. The lowest BCUT2D eigenvalue weighted by molar-refractivity contribution is -0.137. The molecule has 1 N–H and O–H groups in total. The van der Waals surface area contributed by atoms with Crippen LogP contribution in [0.4, 0.5) is 0 Å². The van der Waals surface area contributed by atoms with Crippen molar-refractivity contribution >= 4 is 5.91 Å². The summed E-state index contributed by atoms with van der Waals surface area (Å²) in [4.78, 5) is 17.1. The summed E-state index contributed by atoms with van der Waals surface area (Å²) in [6.45, 7) is 13.6. The molecule has 0 saturated carbocycles. The van der Waals surface area contributed by atoms with E-state index < -0.39 is 0 Å². The van der Waals surface area contributed by atoms with Crippen LogP contribution >= 0.6 is 0 Å². The zero-order valence-corrected chi connectivity index (χ0v) is 13.1. The number of nitrogens with one attached hydrogen (secondary N) is 1. The highest BCUT2D eigenvalue weighted by Crippen LogP contribution is 2.18. The van der Waals surface area contributed by atoms with Gasteiger partial charge in [0.15, 0.2) is 0 Å². The van der Waals surface area contributed by atoms with Crippen LogP contribution in [-0.2, 0) is 9.53 Å². The third-order valence-electron chi connectivity index (χ3n) is 4.17. The molecule has 2 aliphatic heterocycles. The summed E-state index contributed by atoms with van der Waals surface area (Å²) >= 11 is 0. The molecule has 5 heteroatoms. The van der Waals surface area contributed by atoms with Gasteiger partial charge in [-0.1, -0.05) is 20.8 Å². The van der Waals surface area contributed by atoms with E-state index in [-0.39, 0.29) is 17.9 Å². The Hall–Kier alpha value is -0.650. The van der Waals surface area contributed by atoms with Crippen molar-refractivity contribution in [2.45, 2.75) is 26.8 Å². The lowest BCUT2D eigenvalue weighted by Gasteiger charge is -2.37. The number of nitrogens with zero attached hydrogens (tertiary/aromatic N) is 2. The maximum absolute atomic E-state index is 12.6. The Morgan fingerprint density at radius 3 is 2.55 bits per heavy atom. The molecule has 2 unspecified atom stereocenters. The van der Waals surface area contributed by atoms with Crippen molar-refractivity contribution < 1.29 is 9.53 Å². The van der Waals surface area contributed by atoms with Crippen LogP contribution in [0.15, 0.2) is 0 Å². The van der Waals surface area contributed by atoms with Gasteiger partial charge in [-0.25, -0.2) is 0 Å². The highest BCUT2D eigenvalue weighted by Gasteiger charge is 2.36. The molecule has 2 saturated heterocycles. The molecule has 0 aromatic carbocycles. The molecular formula is C15H29N3O2. The minimum Gasteiger partial charge on any atom is -0.379 e. The number of rotatable bonds is 5. The van der Waals surface area contributed by atoms with Gasteiger partial charge in [0.05, 0.1) is 19.1 Å². The smallest absolute Gasteiger partial charge is 0.229 e. The van der Waals surface area contributed by atoms with E-state index in [1.54, 1.807) is 0 Å².